The zero-order valence-electron chi connectivity index (χ0n) is 13.8. The van der Waals surface area contributed by atoms with E-state index < -0.39 is 0 Å². The van der Waals surface area contributed by atoms with Crippen LogP contribution in [0.4, 0.5) is 0 Å². The Morgan fingerprint density at radius 3 is 2.73 bits per heavy atom. The Balaban J connectivity index is 1.81. The Kier molecular flexibility index (Phi) is 4.60. The van der Waals surface area contributed by atoms with E-state index in [0.717, 1.165) is 24.5 Å². The van der Waals surface area contributed by atoms with Gasteiger partial charge in [0.05, 0.1) is 11.4 Å². The molecule has 1 fully saturated rings. The first-order chi connectivity index (χ1) is 10.7. The predicted octanol–water partition coefficient (Wildman–Crippen LogP) is 2.67. The number of aryl methyl sites for hydroxylation is 1. The van der Waals surface area contributed by atoms with Crippen LogP contribution in [0, 0.1) is 13.8 Å². The van der Waals surface area contributed by atoms with Crippen LogP contribution in [-0.2, 0) is 6.54 Å². The Bertz CT molecular complexity index is 618. The molecule has 0 aliphatic carbocycles. The molecular formula is C18H26N4. The van der Waals surface area contributed by atoms with Gasteiger partial charge in [-0.25, -0.2) is 4.68 Å². The first-order valence-electron chi connectivity index (χ1n) is 8.19. The monoisotopic (exact) mass is 298 g/mol. The van der Waals surface area contributed by atoms with Crippen molar-refractivity contribution in [1.82, 2.24) is 20.0 Å². The highest BCUT2D eigenvalue weighted by Crippen LogP contribution is 2.21. The van der Waals surface area contributed by atoms with Crippen molar-refractivity contribution in [1.29, 1.82) is 0 Å². The van der Waals surface area contributed by atoms with Crippen LogP contribution in [0.5, 0.6) is 0 Å². The summed E-state index contributed by atoms with van der Waals surface area (Å²) in [6, 6.07) is 11.0. The molecule has 1 unspecified atom stereocenters. The SMILES string of the molecule is CNC1CCCN(Cc2c(C)nn(-c3ccccc3)c2C)C1. The topological polar surface area (TPSA) is 33.1 Å². The van der Waals surface area contributed by atoms with E-state index in [9.17, 15) is 0 Å². The second-order valence-corrected chi connectivity index (χ2v) is 6.26. The second-order valence-electron chi connectivity index (χ2n) is 6.26. The van der Waals surface area contributed by atoms with Crippen LogP contribution in [0.25, 0.3) is 5.69 Å². The van der Waals surface area contributed by atoms with Crippen LogP contribution < -0.4 is 5.32 Å². The van der Waals surface area contributed by atoms with Gasteiger partial charge in [0.25, 0.3) is 0 Å². The van der Waals surface area contributed by atoms with Crippen molar-refractivity contribution in [2.45, 2.75) is 39.3 Å². The number of para-hydroxylation sites is 1. The summed E-state index contributed by atoms with van der Waals surface area (Å²) in [5, 5.41) is 8.18. The van der Waals surface area contributed by atoms with Crippen LogP contribution >= 0.6 is 0 Å². The van der Waals surface area contributed by atoms with Gasteiger partial charge in [0.15, 0.2) is 0 Å². The molecule has 3 rings (SSSR count). The summed E-state index contributed by atoms with van der Waals surface area (Å²) in [5.74, 6) is 0. The summed E-state index contributed by atoms with van der Waals surface area (Å²) in [5.41, 5.74) is 4.92. The Morgan fingerprint density at radius 1 is 1.23 bits per heavy atom. The normalized spacial score (nSPS) is 19.5. The predicted molar refractivity (Wildman–Crippen MR) is 90.4 cm³/mol. The maximum absolute atomic E-state index is 4.76. The number of likely N-dealkylation sites (tertiary alicyclic amines) is 1. The standard InChI is InChI=1S/C18H26N4/c1-14-18(13-21-11-7-8-16(12-21)19-3)15(2)22(20-14)17-9-5-4-6-10-17/h4-6,9-10,16,19H,7-8,11-13H2,1-3H3. The molecule has 1 aliphatic rings. The number of hydrogen-bond donors (Lipinski definition) is 1. The molecule has 0 bridgehead atoms. The molecule has 118 valence electrons. The maximum Gasteiger partial charge on any atom is 0.0648 e. The van der Waals surface area contributed by atoms with E-state index in [1.165, 1.54) is 30.6 Å². The van der Waals surface area contributed by atoms with Crippen molar-refractivity contribution >= 4 is 0 Å². The van der Waals surface area contributed by atoms with E-state index >= 15 is 0 Å². The minimum absolute atomic E-state index is 0.624. The van der Waals surface area contributed by atoms with E-state index in [4.69, 9.17) is 5.10 Å². The van der Waals surface area contributed by atoms with E-state index in [1.807, 2.05) is 6.07 Å². The summed E-state index contributed by atoms with van der Waals surface area (Å²) >= 11 is 0. The lowest BCUT2D eigenvalue weighted by Gasteiger charge is -2.32. The van der Waals surface area contributed by atoms with Crippen molar-refractivity contribution in [3.05, 3.63) is 47.3 Å². The van der Waals surface area contributed by atoms with Crippen molar-refractivity contribution in [3.8, 4) is 5.69 Å². The van der Waals surface area contributed by atoms with Gasteiger partial charge in [0, 0.05) is 30.4 Å². The van der Waals surface area contributed by atoms with Crippen molar-refractivity contribution in [2.24, 2.45) is 0 Å². The highest BCUT2D eigenvalue weighted by atomic mass is 15.3. The fourth-order valence-electron chi connectivity index (χ4n) is 3.38. The number of aromatic nitrogens is 2. The van der Waals surface area contributed by atoms with Crippen LogP contribution in [0.3, 0.4) is 0 Å². The van der Waals surface area contributed by atoms with E-state index in [0.29, 0.717) is 6.04 Å². The number of nitrogens with one attached hydrogen (secondary N) is 1. The van der Waals surface area contributed by atoms with Gasteiger partial charge in [-0.3, -0.25) is 4.90 Å². The van der Waals surface area contributed by atoms with E-state index in [-0.39, 0.29) is 0 Å². The summed E-state index contributed by atoms with van der Waals surface area (Å²) in [4.78, 5) is 2.55. The molecule has 1 atom stereocenters. The van der Waals surface area contributed by atoms with Gasteiger partial charge < -0.3 is 5.32 Å². The third-order valence-electron chi connectivity index (χ3n) is 4.74. The fraction of sp³-hybridized carbons (Fsp3) is 0.500. The van der Waals surface area contributed by atoms with Gasteiger partial charge >= 0.3 is 0 Å². The quantitative estimate of drug-likeness (QED) is 0.942. The molecule has 1 aromatic heterocycles. The van der Waals surface area contributed by atoms with Crippen LogP contribution in [-0.4, -0.2) is 40.9 Å². The van der Waals surface area contributed by atoms with Gasteiger partial charge in [-0.15, -0.1) is 0 Å². The summed E-state index contributed by atoms with van der Waals surface area (Å²) < 4.78 is 2.07. The van der Waals surface area contributed by atoms with Gasteiger partial charge in [-0.2, -0.15) is 5.10 Å². The molecule has 4 nitrogen and oxygen atoms in total. The summed E-state index contributed by atoms with van der Waals surface area (Å²) in [7, 11) is 2.07. The Morgan fingerprint density at radius 2 is 2.00 bits per heavy atom. The second kappa shape index (κ2) is 6.63. The van der Waals surface area contributed by atoms with E-state index in [1.54, 1.807) is 0 Å². The molecule has 0 amide bonds. The van der Waals surface area contributed by atoms with Crippen LogP contribution in [0.2, 0.25) is 0 Å². The molecular weight excluding hydrogens is 272 g/mol. The van der Waals surface area contributed by atoms with Crippen molar-refractivity contribution in [3.63, 3.8) is 0 Å². The molecule has 0 spiro atoms. The molecule has 1 saturated heterocycles. The maximum atomic E-state index is 4.76. The zero-order chi connectivity index (χ0) is 15.5. The third kappa shape index (κ3) is 3.08. The fourth-order valence-corrected chi connectivity index (χ4v) is 3.38. The van der Waals surface area contributed by atoms with Crippen molar-refractivity contribution in [2.75, 3.05) is 20.1 Å². The molecule has 22 heavy (non-hydrogen) atoms. The van der Waals surface area contributed by atoms with E-state index in [2.05, 4.69) is 60.1 Å². The number of nitrogens with zero attached hydrogens (tertiary/aromatic N) is 3. The highest BCUT2D eigenvalue weighted by Gasteiger charge is 2.21. The number of likely N-dealkylation sites (N-methyl/N-ethyl adjacent to an activating group) is 1. The average Bonchev–Trinajstić information content (AvgIpc) is 2.84. The molecule has 2 aromatic rings. The molecule has 2 heterocycles. The lowest BCUT2D eigenvalue weighted by Crippen LogP contribution is -2.44. The number of piperidine rings is 1. The summed E-state index contributed by atoms with van der Waals surface area (Å²) in [6.07, 6.45) is 2.56. The smallest absolute Gasteiger partial charge is 0.0648 e. The molecule has 4 heteroatoms. The minimum Gasteiger partial charge on any atom is -0.316 e. The lowest BCUT2D eigenvalue weighted by molar-refractivity contribution is 0.187. The molecule has 0 radical (unpaired) electrons. The Labute approximate surface area is 133 Å². The Hall–Kier alpha value is -1.65. The third-order valence-corrected chi connectivity index (χ3v) is 4.74. The highest BCUT2D eigenvalue weighted by molar-refractivity contribution is 5.36. The van der Waals surface area contributed by atoms with Gasteiger partial charge in [-0.05, 0) is 52.4 Å². The minimum atomic E-state index is 0.624. The average molecular weight is 298 g/mol. The van der Waals surface area contributed by atoms with Crippen molar-refractivity contribution < 1.29 is 0 Å². The first-order valence-corrected chi connectivity index (χ1v) is 8.19. The molecule has 1 aliphatic heterocycles. The zero-order valence-corrected chi connectivity index (χ0v) is 13.8. The molecule has 1 N–H and O–H groups in total. The molecule has 0 saturated carbocycles. The van der Waals surface area contributed by atoms with Crippen LogP contribution in [0.1, 0.15) is 29.8 Å². The van der Waals surface area contributed by atoms with Gasteiger partial charge in [-0.1, -0.05) is 18.2 Å². The van der Waals surface area contributed by atoms with Gasteiger partial charge in [0.2, 0.25) is 0 Å². The van der Waals surface area contributed by atoms with Gasteiger partial charge in [0.1, 0.15) is 0 Å². The van der Waals surface area contributed by atoms with Crippen LogP contribution in [0.15, 0.2) is 30.3 Å². The largest absolute Gasteiger partial charge is 0.316 e. The number of benzene rings is 1. The molecule has 1 aromatic carbocycles. The number of hydrogen-bond acceptors (Lipinski definition) is 3. The summed E-state index contributed by atoms with van der Waals surface area (Å²) in [6.45, 7) is 7.63. The number of rotatable bonds is 4. The first kappa shape index (κ1) is 15.3. The lowest BCUT2D eigenvalue weighted by atomic mass is 10.0.